The molecule has 0 aromatic carbocycles. The van der Waals surface area contributed by atoms with Crippen molar-refractivity contribution in [2.75, 3.05) is 11.9 Å². The van der Waals surface area contributed by atoms with Gasteiger partial charge in [0.2, 0.25) is 0 Å². The molecule has 0 atom stereocenters. The van der Waals surface area contributed by atoms with Crippen molar-refractivity contribution in [1.82, 2.24) is 4.98 Å². The molecule has 0 saturated carbocycles. The highest BCUT2D eigenvalue weighted by molar-refractivity contribution is 9.09. The van der Waals surface area contributed by atoms with E-state index >= 15 is 0 Å². The van der Waals surface area contributed by atoms with E-state index in [2.05, 4.69) is 27.0 Å². The zero-order chi connectivity index (χ0) is 16.8. The molecule has 0 unspecified atom stereocenters. The van der Waals surface area contributed by atoms with Crippen molar-refractivity contribution in [1.29, 1.82) is 0 Å². The van der Waals surface area contributed by atoms with E-state index in [1.54, 1.807) is 10.7 Å². The van der Waals surface area contributed by atoms with Crippen LogP contribution in [-0.2, 0) is 12.8 Å². The zero-order valence-corrected chi connectivity index (χ0v) is 15.2. The summed E-state index contributed by atoms with van der Waals surface area (Å²) in [5.41, 5.74) is 2.31. The Balaban J connectivity index is 0.000000231. The molecular weight excluding hydrogens is 351 g/mol. The first-order chi connectivity index (χ1) is 11.3. The van der Waals surface area contributed by atoms with E-state index in [1.807, 2.05) is 36.5 Å². The average molecular weight is 376 g/mol. The number of aryl methyl sites for hydroxylation is 2. The lowest BCUT2D eigenvalue weighted by Gasteiger charge is -1.98. The number of pyridine rings is 2. The van der Waals surface area contributed by atoms with Gasteiger partial charge in [0.05, 0.1) is 0 Å². The lowest BCUT2D eigenvalue weighted by molar-refractivity contribution is -0.531. The van der Waals surface area contributed by atoms with Gasteiger partial charge in [-0.25, -0.2) is 0 Å². The minimum absolute atomic E-state index is 0.285. The summed E-state index contributed by atoms with van der Waals surface area (Å²) >= 11 is 3.40. The summed E-state index contributed by atoms with van der Waals surface area (Å²) in [5.74, 6) is 0. The van der Waals surface area contributed by atoms with Gasteiger partial charge in [-0.1, -0.05) is 28.1 Å². The second kappa shape index (κ2) is 13.3. The van der Waals surface area contributed by atoms with Crippen LogP contribution in [0, 0.1) is 0 Å². The van der Waals surface area contributed by atoms with E-state index in [9.17, 15) is 0 Å². The molecule has 122 valence electrons. The molecular formula is C18H25BBrN2O+. The molecule has 0 bridgehead atoms. The quantitative estimate of drug-likeness (QED) is 0.437. The Hall–Kier alpha value is -1.20. The number of aromatic nitrogens is 2. The molecule has 0 aliphatic rings. The smallest absolute Gasteiger partial charge is 0.396 e. The molecule has 1 N–H and O–H groups in total. The molecule has 2 rings (SSSR count). The molecule has 0 saturated heterocycles. The Morgan fingerprint density at radius 3 is 2.43 bits per heavy atom. The van der Waals surface area contributed by atoms with Crippen LogP contribution in [0.1, 0.15) is 37.1 Å². The van der Waals surface area contributed by atoms with Crippen molar-refractivity contribution in [3.8, 4) is 0 Å². The molecule has 0 aliphatic heterocycles. The molecule has 2 radical (unpaired) electrons. The van der Waals surface area contributed by atoms with Crippen molar-refractivity contribution in [2.45, 2.75) is 38.5 Å². The van der Waals surface area contributed by atoms with Crippen LogP contribution < -0.4 is 4.48 Å². The number of nitrogens with zero attached hydrogens (tertiary/aromatic N) is 2. The van der Waals surface area contributed by atoms with Crippen LogP contribution in [0.3, 0.4) is 0 Å². The van der Waals surface area contributed by atoms with E-state index in [4.69, 9.17) is 13.1 Å². The minimum Gasteiger partial charge on any atom is -0.396 e. The van der Waals surface area contributed by atoms with Crippen molar-refractivity contribution >= 4 is 23.9 Å². The maximum absolute atomic E-state index is 8.52. The summed E-state index contributed by atoms with van der Waals surface area (Å²) < 4.78 is 1.69. The van der Waals surface area contributed by atoms with E-state index in [0.29, 0.717) is 0 Å². The summed E-state index contributed by atoms with van der Waals surface area (Å²) in [6.45, 7) is 0.285. The van der Waals surface area contributed by atoms with Crippen LogP contribution >= 0.6 is 15.9 Å². The van der Waals surface area contributed by atoms with Crippen molar-refractivity contribution in [3.63, 3.8) is 0 Å². The number of aliphatic hydroxyl groups excluding tert-OH is 1. The molecule has 0 spiro atoms. The second-order valence-electron chi connectivity index (χ2n) is 5.25. The summed E-state index contributed by atoms with van der Waals surface area (Å²) in [7, 11) is 5.71. The third-order valence-corrected chi connectivity index (χ3v) is 3.92. The van der Waals surface area contributed by atoms with E-state index in [-0.39, 0.29) is 6.61 Å². The van der Waals surface area contributed by atoms with Crippen molar-refractivity contribution < 1.29 is 9.58 Å². The van der Waals surface area contributed by atoms with Crippen LogP contribution in [0.4, 0.5) is 0 Å². The third-order valence-electron chi connectivity index (χ3n) is 3.36. The second-order valence-corrected chi connectivity index (χ2v) is 6.04. The van der Waals surface area contributed by atoms with Crippen LogP contribution in [-0.4, -0.2) is 30.0 Å². The van der Waals surface area contributed by atoms with Gasteiger partial charge in [0.1, 0.15) is 6.20 Å². The SMILES string of the molecule is OCCCCc1ccccn1.[B][n+]1ccccc1CCCCBr. The van der Waals surface area contributed by atoms with Crippen LogP contribution in [0.25, 0.3) is 0 Å². The van der Waals surface area contributed by atoms with Gasteiger partial charge >= 0.3 is 7.98 Å². The minimum atomic E-state index is 0.285. The summed E-state index contributed by atoms with van der Waals surface area (Å²) in [6.07, 6.45) is 9.99. The number of halogens is 1. The fourth-order valence-corrected chi connectivity index (χ4v) is 2.46. The Labute approximate surface area is 149 Å². The normalized spacial score (nSPS) is 10.0. The fourth-order valence-electron chi connectivity index (χ4n) is 2.07. The summed E-state index contributed by atoms with van der Waals surface area (Å²) in [4.78, 5) is 4.17. The third kappa shape index (κ3) is 9.52. The Kier molecular flexibility index (Phi) is 11.4. The molecule has 2 heterocycles. The number of rotatable bonds is 8. The summed E-state index contributed by atoms with van der Waals surface area (Å²) in [6, 6.07) is 11.9. The highest BCUT2D eigenvalue weighted by atomic mass is 79.9. The molecule has 2 aromatic rings. The monoisotopic (exact) mass is 375 g/mol. The number of unbranched alkanes of at least 4 members (excludes halogenated alkanes) is 2. The first kappa shape index (κ1) is 19.9. The van der Waals surface area contributed by atoms with Crippen molar-refractivity contribution in [3.05, 3.63) is 60.2 Å². The lowest BCUT2D eigenvalue weighted by atomic mass is 10.1. The predicted octanol–water partition coefficient (Wildman–Crippen LogP) is 3.02. The highest BCUT2D eigenvalue weighted by Gasteiger charge is 2.02. The Bertz CT molecular complexity index is 525. The fraction of sp³-hybridized carbons (Fsp3) is 0.444. The Morgan fingerprint density at radius 2 is 1.78 bits per heavy atom. The van der Waals surface area contributed by atoms with Gasteiger partial charge in [0.25, 0.3) is 0 Å². The molecule has 0 aliphatic carbocycles. The van der Waals surface area contributed by atoms with Crippen LogP contribution in [0.2, 0.25) is 0 Å². The zero-order valence-electron chi connectivity index (χ0n) is 13.6. The van der Waals surface area contributed by atoms with Crippen LogP contribution in [0.15, 0.2) is 48.8 Å². The maximum atomic E-state index is 8.52. The topological polar surface area (TPSA) is 37.0 Å². The first-order valence-corrected chi connectivity index (χ1v) is 9.21. The van der Waals surface area contributed by atoms with E-state index in [0.717, 1.165) is 36.7 Å². The standard InChI is InChI=1S/C9H12BBrN.C9H13NO/c10-12-8-4-2-6-9(12)5-1-3-7-11;11-8-4-2-6-9-5-1-3-7-10-9/h2,4,6,8H,1,3,5,7H2;1,3,5,7,11H,2,4,6,8H2/q+1;. The first-order valence-electron chi connectivity index (χ1n) is 8.09. The van der Waals surface area contributed by atoms with Gasteiger partial charge in [-0.3, -0.25) is 9.46 Å². The average Bonchev–Trinajstić information content (AvgIpc) is 2.59. The van der Waals surface area contributed by atoms with Gasteiger partial charge in [-0.2, -0.15) is 0 Å². The lowest BCUT2D eigenvalue weighted by Crippen LogP contribution is -2.35. The van der Waals surface area contributed by atoms with Gasteiger partial charge in [-0.15, -0.1) is 0 Å². The number of hydrogen-bond donors (Lipinski definition) is 1. The van der Waals surface area contributed by atoms with E-state index in [1.165, 1.54) is 18.5 Å². The molecule has 2 aromatic heterocycles. The maximum Gasteiger partial charge on any atom is 0.586 e. The molecule has 3 nitrogen and oxygen atoms in total. The number of hydrogen-bond acceptors (Lipinski definition) is 2. The van der Waals surface area contributed by atoms with Crippen molar-refractivity contribution in [2.24, 2.45) is 0 Å². The van der Waals surface area contributed by atoms with Crippen LogP contribution in [0.5, 0.6) is 0 Å². The number of alkyl halides is 1. The molecule has 0 fully saturated rings. The van der Waals surface area contributed by atoms with Gasteiger partial charge in [0.15, 0.2) is 5.69 Å². The molecule has 5 heteroatoms. The highest BCUT2D eigenvalue weighted by Crippen LogP contribution is 2.01. The predicted molar refractivity (Wildman–Crippen MR) is 98.8 cm³/mol. The van der Waals surface area contributed by atoms with Gasteiger partial charge in [0, 0.05) is 36.3 Å². The Morgan fingerprint density at radius 1 is 1.00 bits per heavy atom. The van der Waals surface area contributed by atoms with E-state index < -0.39 is 0 Å². The van der Waals surface area contributed by atoms with Gasteiger partial charge < -0.3 is 5.11 Å². The molecule has 0 amide bonds. The van der Waals surface area contributed by atoms with Gasteiger partial charge in [-0.05, 0) is 50.3 Å². The summed E-state index contributed by atoms with van der Waals surface area (Å²) in [5, 5.41) is 9.60. The number of aliphatic hydroxyl groups is 1. The molecule has 23 heavy (non-hydrogen) atoms. The largest absolute Gasteiger partial charge is 0.586 e.